The summed E-state index contributed by atoms with van der Waals surface area (Å²) in [5.74, 6) is 0.896. The summed E-state index contributed by atoms with van der Waals surface area (Å²) in [6, 6.07) is -0.439. The van der Waals surface area contributed by atoms with Gasteiger partial charge in [0.2, 0.25) is 11.8 Å². The maximum atomic E-state index is 12.4. The zero-order valence-electron chi connectivity index (χ0n) is 13.2. The molecule has 128 valence electrons. The minimum absolute atomic E-state index is 0.0110. The van der Waals surface area contributed by atoms with Crippen LogP contribution in [-0.4, -0.2) is 66.0 Å². The SMILES string of the molecule is O=C1N[C@H](C(=O)N2CCCC(CNC(=O)C3CCCN3)C2)CS1. The molecule has 3 N–H and O–H groups in total. The Hall–Kier alpha value is -1.28. The predicted molar refractivity (Wildman–Crippen MR) is 88.1 cm³/mol. The summed E-state index contributed by atoms with van der Waals surface area (Å²) in [7, 11) is 0. The van der Waals surface area contributed by atoms with Crippen molar-refractivity contribution in [1.82, 2.24) is 20.9 Å². The van der Waals surface area contributed by atoms with Gasteiger partial charge in [-0.15, -0.1) is 0 Å². The quantitative estimate of drug-likeness (QED) is 0.666. The maximum absolute atomic E-state index is 12.4. The van der Waals surface area contributed by atoms with Gasteiger partial charge in [-0.25, -0.2) is 0 Å². The fourth-order valence-corrected chi connectivity index (χ4v) is 4.22. The lowest BCUT2D eigenvalue weighted by Gasteiger charge is -2.34. The molecule has 0 aromatic rings. The van der Waals surface area contributed by atoms with E-state index in [-0.39, 0.29) is 29.1 Å². The lowest BCUT2D eigenvalue weighted by molar-refractivity contribution is -0.134. The number of nitrogens with zero attached hydrogens (tertiary/aromatic N) is 1. The van der Waals surface area contributed by atoms with E-state index in [4.69, 9.17) is 0 Å². The third-order valence-electron chi connectivity index (χ3n) is 4.74. The number of amides is 3. The van der Waals surface area contributed by atoms with Gasteiger partial charge in [-0.05, 0) is 38.1 Å². The summed E-state index contributed by atoms with van der Waals surface area (Å²) in [4.78, 5) is 37.6. The van der Waals surface area contributed by atoms with Gasteiger partial charge in [-0.2, -0.15) is 0 Å². The fourth-order valence-electron chi connectivity index (χ4n) is 3.45. The number of nitrogens with one attached hydrogen (secondary N) is 3. The molecule has 3 amide bonds. The molecule has 23 heavy (non-hydrogen) atoms. The zero-order chi connectivity index (χ0) is 16.2. The second kappa shape index (κ2) is 7.53. The predicted octanol–water partition coefficient (Wildman–Crippen LogP) is -0.0818. The van der Waals surface area contributed by atoms with Crippen molar-refractivity contribution in [1.29, 1.82) is 0 Å². The van der Waals surface area contributed by atoms with E-state index in [1.165, 1.54) is 11.8 Å². The highest BCUT2D eigenvalue weighted by atomic mass is 32.2. The van der Waals surface area contributed by atoms with Crippen LogP contribution in [0.25, 0.3) is 0 Å². The Morgan fingerprint density at radius 1 is 1.26 bits per heavy atom. The number of hydrogen-bond donors (Lipinski definition) is 3. The van der Waals surface area contributed by atoms with Gasteiger partial charge in [0.15, 0.2) is 0 Å². The Labute approximate surface area is 140 Å². The van der Waals surface area contributed by atoms with E-state index in [1.807, 2.05) is 4.90 Å². The number of likely N-dealkylation sites (tertiary alicyclic amines) is 1. The first-order valence-corrected chi connectivity index (χ1v) is 9.35. The molecule has 0 aromatic carbocycles. The summed E-state index contributed by atoms with van der Waals surface area (Å²) in [5.41, 5.74) is 0. The van der Waals surface area contributed by atoms with Crippen molar-refractivity contribution in [3.63, 3.8) is 0 Å². The Bertz CT molecular complexity index is 481. The maximum Gasteiger partial charge on any atom is 0.279 e. The molecule has 3 rings (SSSR count). The molecule has 3 saturated heterocycles. The van der Waals surface area contributed by atoms with Crippen LogP contribution in [0.4, 0.5) is 4.79 Å². The average Bonchev–Trinajstić information content (AvgIpc) is 3.24. The van der Waals surface area contributed by atoms with Crippen LogP contribution in [-0.2, 0) is 9.59 Å². The molecule has 0 aromatic heterocycles. The molecule has 0 spiro atoms. The molecule has 0 radical (unpaired) electrons. The van der Waals surface area contributed by atoms with Gasteiger partial charge in [-0.1, -0.05) is 11.8 Å². The van der Waals surface area contributed by atoms with E-state index >= 15 is 0 Å². The van der Waals surface area contributed by atoms with Gasteiger partial charge in [0.1, 0.15) is 6.04 Å². The number of carbonyl (C=O) groups is 3. The van der Waals surface area contributed by atoms with Gasteiger partial charge in [-0.3, -0.25) is 14.4 Å². The highest BCUT2D eigenvalue weighted by Gasteiger charge is 2.34. The molecule has 0 saturated carbocycles. The van der Waals surface area contributed by atoms with Crippen molar-refractivity contribution >= 4 is 28.8 Å². The smallest absolute Gasteiger partial charge is 0.279 e. The minimum atomic E-state index is -0.386. The first-order valence-electron chi connectivity index (χ1n) is 8.36. The van der Waals surface area contributed by atoms with Crippen molar-refractivity contribution < 1.29 is 14.4 Å². The second-order valence-electron chi connectivity index (χ2n) is 6.48. The second-order valence-corrected chi connectivity index (χ2v) is 7.47. The number of thioether (sulfide) groups is 1. The lowest BCUT2D eigenvalue weighted by Crippen LogP contribution is -2.51. The van der Waals surface area contributed by atoms with Crippen LogP contribution in [0.2, 0.25) is 0 Å². The van der Waals surface area contributed by atoms with Gasteiger partial charge >= 0.3 is 0 Å². The van der Waals surface area contributed by atoms with Gasteiger partial charge in [0.05, 0.1) is 6.04 Å². The van der Waals surface area contributed by atoms with E-state index < -0.39 is 0 Å². The number of piperidine rings is 1. The molecule has 3 heterocycles. The fraction of sp³-hybridized carbons (Fsp3) is 0.800. The van der Waals surface area contributed by atoms with Crippen molar-refractivity contribution in [2.75, 3.05) is 31.9 Å². The van der Waals surface area contributed by atoms with Crippen molar-refractivity contribution in [3.05, 3.63) is 0 Å². The third-order valence-corrected chi connectivity index (χ3v) is 5.62. The molecular formula is C15H24N4O3S. The van der Waals surface area contributed by atoms with Crippen LogP contribution in [0.5, 0.6) is 0 Å². The van der Waals surface area contributed by atoms with E-state index in [2.05, 4.69) is 16.0 Å². The molecule has 0 aliphatic carbocycles. The molecule has 3 atom stereocenters. The molecule has 7 nitrogen and oxygen atoms in total. The van der Waals surface area contributed by atoms with E-state index in [9.17, 15) is 14.4 Å². The molecule has 3 fully saturated rings. The summed E-state index contributed by atoms with van der Waals surface area (Å²) >= 11 is 1.17. The largest absolute Gasteiger partial charge is 0.354 e. The number of carbonyl (C=O) groups excluding carboxylic acids is 3. The normalized spacial score (nSPS) is 31.0. The topological polar surface area (TPSA) is 90.5 Å². The van der Waals surface area contributed by atoms with Crippen LogP contribution < -0.4 is 16.0 Å². The lowest BCUT2D eigenvalue weighted by atomic mass is 9.97. The molecule has 3 aliphatic heterocycles. The van der Waals surface area contributed by atoms with Crippen molar-refractivity contribution in [2.24, 2.45) is 5.92 Å². The molecule has 3 aliphatic rings. The number of rotatable bonds is 4. The number of hydrogen-bond acceptors (Lipinski definition) is 5. The van der Waals surface area contributed by atoms with Crippen LogP contribution in [0, 0.1) is 5.92 Å². The summed E-state index contributed by atoms with van der Waals surface area (Å²) in [6.07, 6.45) is 3.92. The molecule has 2 unspecified atom stereocenters. The molecule has 0 bridgehead atoms. The zero-order valence-corrected chi connectivity index (χ0v) is 14.0. The van der Waals surface area contributed by atoms with Crippen LogP contribution in [0.1, 0.15) is 25.7 Å². The Morgan fingerprint density at radius 2 is 2.13 bits per heavy atom. The van der Waals surface area contributed by atoms with E-state index in [1.54, 1.807) is 0 Å². The average molecular weight is 340 g/mol. The first-order chi connectivity index (χ1) is 11.1. The van der Waals surface area contributed by atoms with Crippen LogP contribution >= 0.6 is 11.8 Å². The van der Waals surface area contributed by atoms with Crippen LogP contribution in [0.3, 0.4) is 0 Å². The highest BCUT2D eigenvalue weighted by Crippen LogP contribution is 2.20. The summed E-state index contributed by atoms with van der Waals surface area (Å²) < 4.78 is 0. The Morgan fingerprint density at radius 3 is 2.83 bits per heavy atom. The standard InChI is InChI=1S/C15H24N4O3S/c20-13(11-4-1-5-16-11)17-7-10-3-2-6-19(8-10)14(21)12-9-23-15(22)18-12/h10-12,16H,1-9H2,(H,17,20)(H,18,22)/t10?,11?,12-/m0/s1. The van der Waals surface area contributed by atoms with Gasteiger partial charge in [0.25, 0.3) is 5.24 Å². The van der Waals surface area contributed by atoms with Crippen molar-refractivity contribution in [3.8, 4) is 0 Å². The minimum Gasteiger partial charge on any atom is -0.354 e. The van der Waals surface area contributed by atoms with Crippen molar-refractivity contribution in [2.45, 2.75) is 37.8 Å². The van der Waals surface area contributed by atoms with Gasteiger partial charge in [0, 0.05) is 25.4 Å². The van der Waals surface area contributed by atoms with Crippen LogP contribution in [0.15, 0.2) is 0 Å². The summed E-state index contributed by atoms with van der Waals surface area (Å²) in [6.45, 7) is 2.93. The third kappa shape index (κ3) is 4.17. The summed E-state index contributed by atoms with van der Waals surface area (Å²) in [5, 5.41) is 8.80. The van der Waals surface area contributed by atoms with E-state index in [0.29, 0.717) is 24.8 Å². The molecular weight excluding hydrogens is 316 g/mol. The van der Waals surface area contributed by atoms with E-state index in [0.717, 1.165) is 38.8 Å². The Kier molecular flexibility index (Phi) is 5.42. The molecule has 8 heteroatoms. The Balaban J connectivity index is 1.45. The van der Waals surface area contributed by atoms with Gasteiger partial charge < -0.3 is 20.9 Å². The first kappa shape index (κ1) is 16.6. The monoisotopic (exact) mass is 340 g/mol. The highest BCUT2D eigenvalue weighted by molar-refractivity contribution is 8.14.